The number of rotatable bonds is 5. The molecule has 0 amide bonds. The standard InChI is InChI=1S/C13H11N7O3.ClH/c14-19-8-16-18-13(19)17-15-7-11-4-5-12(23-11)9-2-1-3-10(6-9)20(21)22;/h1-8H,14H2,(H,17,18);1H. The van der Waals surface area contributed by atoms with Crippen molar-refractivity contribution in [3.8, 4) is 11.3 Å². The topological polar surface area (TPSA) is 137 Å². The quantitative estimate of drug-likeness (QED) is 0.311. The van der Waals surface area contributed by atoms with Crippen LogP contribution in [0.15, 0.2) is 52.2 Å². The molecule has 0 saturated carbocycles. The van der Waals surface area contributed by atoms with Gasteiger partial charge in [0.25, 0.3) is 11.6 Å². The SMILES string of the molecule is Cl.Nn1cnnc1NN=Cc1ccc(-c2cccc([N+](=O)[O-])c2)o1. The lowest BCUT2D eigenvalue weighted by Crippen LogP contribution is -2.10. The van der Waals surface area contributed by atoms with Gasteiger partial charge in [0.05, 0.1) is 11.1 Å². The molecule has 0 fully saturated rings. The Labute approximate surface area is 141 Å². The second kappa shape index (κ2) is 7.24. The first-order chi connectivity index (χ1) is 11.1. The molecule has 3 aromatic rings. The number of benzene rings is 1. The normalized spacial score (nSPS) is 10.5. The average Bonchev–Trinajstić information content (AvgIpc) is 3.17. The number of nitrogens with zero attached hydrogens (tertiary/aromatic N) is 5. The van der Waals surface area contributed by atoms with Crippen LogP contribution in [0.4, 0.5) is 11.6 Å². The van der Waals surface area contributed by atoms with Crippen molar-refractivity contribution in [1.82, 2.24) is 14.9 Å². The first-order valence-corrected chi connectivity index (χ1v) is 6.42. The molecule has 11 heteroatoms. The number of furan rings is 1. The molecule has 0 unspecified atom stereocenters. The number of hydrazone groups is 1. The van der Waals surface area contributed by atoms with Crippen molar-refractivity contribution in [3.05, 3.63) is 58.6 Å². The summed E-state index contributed by atoms with van der Waals surface area (Å²) in [6.45, 7) is 0. The lowest BCUT2D eigenvalue weighted by atomic mass is 10.1. The molecule has 0 spiro atoms. The Hall–Kier alpha value is -3.40. The number of nitrogens with one attached hydrogen (secondary N) is 1. The minimum atomic E-state index is -0.457. The fourth-order valence-corrected chi connectivity index (χ4v) is 1.83. The highest BCUT2D eigenvalue weighted by Gasteiger charge is 2.09. The number of nitro groups is 1. The predicted octanol–water partition coefficient (Wildman–Crippen LogP) is 2.03. The van der Waals surface area contributed by atoms with E-state index in [1.807, 2.05) is 0 Å². The maximum atomic E-state index is 10.8. The van der Waals surface area contributed by atoms with Crippen LogP contribution >= 0.6 is 12.4 Å². The van der Waals surface area contributed by atoms with Gasteiger partial charge in [0, 0.05) is 17.7 Å². The highest BCUT2D eigenvalue weighted by atomic mass is 35.5. The minimum absolute atomic E-state index is 0. The van der Waals surface area contributed by atoms with Crippen LogP contribution in [0.5, 0.6) is 0 Å². The van der Waals surface area contributed by atoms with Crippen molar-refractivity contribution in [1.29, 1.82) is 0 Å². The van der Waals surface area contributed by atoms with Gasteiger partial charge in [-0.05, 0) is 12.1 Å². The molecule has 24 heavy (non-hydrogen) atoms. The summed E-state index contributed by atoms with van der Waals surface area (Å²) in [5, 5.41) is 22.0. The Morgan fingerprint density at radius 1 is 1.38 bits per heavy atom. The third kappa shape index (κ3) is 3.67. The van der Waals surface area contributed by atoms with Crippen LogP contribution in [0.1, 0.15) is 5.76 Å². The molecular weight excluding hydrogens is 338 g/mol. The van der Waals surface area contributed by atoms with Crippen LogP contribution in [0.2, 0.25) is 0 Å². The predicted molar refractivity (Wildman–Crippen MR) is 89.4 cm³/mol. The highest BCUT2D eigenvalue weighted by Crippen LogP contribution is 2.25. The van der Waals surface area contributed by atoms with Gasteiger partial charge < -0.3 is 10.3 Å². The molecule has 0 aliphatic carbocycles. The van der Waals surface area contributed by atoms with Gasteiger partial charge in [-0.1, -0.05) is 12.1 Å². The summed E-state index contributed by atoms with van der Waals surface area (Å²) in [5.74, 6) is 6.74. The molecule has 124 valence electrons. The van der Waals surface area contributed by atoms with Gasteiger partial charge in [-0.15, -0.1) is 22.6 Å². The van der Waals surface area contributed by atoms with Gasteiger partial charge in [0.15, 0.2) is 0 Å². The molecule has 1 aromatic carbocycles. The minimum Gasteiger partial charge on any atom is -0.455 e. The van der Waals surface area contributed by atoms with E-state index in [1.54, 1.807) is 24.3 Å². The number of halogens is 1. The number of non-ortho nitro benzene ring substituents is 1. The Morgan fingerprint density at radius 2 is 2.21 bits per heavy atom. The molecule has 3 rings (SSSR count). The van der Waals surface area contributed by atoms with E-state index in [2.05, 4.69) is 20.7 Å². The number of nitrogens with two attached hydrogens (primary N) is 1. The monoisotopic (exact) mass is 349 g/mol. The third-order valence-corrected chi connectivity index (χ3v) is 2.90. The molecule has 0 aliphatic rings. The summed E-state index contributed by atoms with van der Waals surface area (Å²) >= 11 is 0. The van der Waals surface area contributed by atoms with E-state index in [4.69, 9.17) is 10.3 Å². The van der Waals surface area contributed by atoms with Gasteiger partial charge >= 0.3 is 0 Å². The number of nitro benzene ring substituents is 1. The van der Waals surface area contributed by atoms with Crippen LogP contribution in [0.3, 0.4) is 0 Å². The molecule has 10 nitrogen and oxygen atoms in total. The number of anilines is 1. The van der Waals surface area contributed by atoms with Gasteiger partial charge in [-0.2, -0.15) is 5.10 Å². The van der Waals surface area contributed by atoms with Gasteiger partial charge in [0.2, 0.25) is 0 Å². The van der Waals surface area contributed by atoms with Crippen LogP contribution in [-0.4, -0.2) is 26.0 Å². The molecule has 3 N–H and O–H groups in total. The van der Waals surface area contributed by atoms with E-state index in [9.17, 15) is 10.1 Å². The molecule has 0 bridgehead atoms. The summed E-state index contributed by atoms with van der Waals surface area (Å²) < 4.78 is 6.74. The molecule has 0 aliphatic heterocycles. The second-order valence-corrected chi connectivity index (χ2v) is 4.44. The van der Waals surface area contributed by atoms with Crippen molar-refractivity contribution < 1.29 is 9.34 Å². The fraction of sp³-hybridized carbons (Fsp3) is 0. The van der Waals surface area contributed by atoms with Crippen molar-refractivity contribution in [3.63, 3.8) is 0 Å². The maximum absolute atomic E-state index is 10.8. The molecule has 2 heterocycles. The number of hydrogen-bond acceptors (Lipinski definition) is 8. The number of hydrogen-bond donors (Lipinski definition) is 2. The Balaban J connectivity index is 0.00000208. The van der Waals surface area contributed by atoms with E-state index in [-0.39, 0.29) is 24.0 Å². The zero-order chi connectivity index (χ0) is 16.2. The highest BCUT2D eigenvalue weighted by molar-refractivity contribution is 5.85. The summed E-state index contributed by atoms with van der Waals surface area (Å²) in [7, 11) is 0. The first kappa shape index (κ1) is 17.0. The number of aromatic nitrogens is 3. The van der Waals surface area contributed by atoms with E-state index in [1.165, 1.54) is 29.4 Å². The van der Waals surface area contributed by atoms with Crippen molar-refractivity contribution in [2.45, 2.75) is 0 Å². The Kier molecular flexibility index (Phi) is 5.12. The summed E-state index contributed by atoms with van der Waals surface area (Å²) in [4.78, 5) is 10.3. The van der Waals surface area contributed by atoms with E-state index in [0.29, 0.717) is 17.1 Å². The first-order valence-electron chi connectivity index (χ1n) is 6.42. The largest absolute Gasteiger partial charge is 0.455 e. The van der Waals surface area contributed by atoms with Crippen molar-refractivity contribution >= 4 is 30.3 Å². The Bertz CT molecular complexity index is 874. The molecule has 0 saturated heterocycles. The van der Waals surface area contributed by atoms with Crippen LogP contribution in [0, 0.1) is 10.1 Å². The van der Waals surface area contributed by atoms with Crippen LogP contribution in [-0.2, 0) is 0 Å². The van der Waals surface area contributed by atoms with Crippen molar-refractivity contribution in [2.75, 3.05) is 11.3 Å². The smallest absolute Gasteiger partial charge is 0.270 e. The van der Waals surface area contributed by atoms with Crippen molar-refractivity contribution in [2.24, 2.45) is 5.10 Å². The molecule has 2 aromatic heterocycles. The Morgan fingerprint density at radius 3 is 2.92 bits per heavy atom. The van der Waals surface area contributed by atoms with Gasteiger partial charge in [-0.3, -0.25) is 10.1 Å². The third-order valence-electron chi connectivity index (χ3n) is 2.90. The van der Waals surface area contributed by atoms with E-state index in [0.717, 1.165) is 0 Å². The van der Waals surface area contributed by atoms with Crippen LogP contribution in [0.25, 0.3) is 11.3 Å². The second-order valence-electron chi connectivity index (χ2n) is 4.44. The van der Waals surface area contributed by atoms with Crippen LogP contribution < -0.4 is 11.3 Å². The zero-order valence-electron chi connectivity index (χ0n) is 12.1. The van der Waals surface area contributed by atoms with E-state index >= 15 is 0 Å². The van der Waals surface area contributed by atoms with E-state index < -0.39 is 4.92 Å². The fourth-order valence-electron chi connectivity index (χ4n) is 1.83. The number of nitrogen functional groups attached to an aromatic ring is 1. The van der Waals surface area contributed by atoms with Gasteiger partial charge in [-0.25, -0.2) is 10.1 Å². The summed E-state index contributed by atoms with van der Waals surface area (Å²) in [6, 6.07) is 9.57. The summed E-state index contributed by atoms with van der Waals surface area (Å²) in [6.07, 6.45) is 2.75. The van der Waals surface area contributed by atoms with Gasteiger partial charge in [0.1, 0.15) is 17.8 Å². The molecule has 0 radical (unpaired) electrons. The lowest BCUT2D eigenvalue weighted by molar-refractivity contribution is -0.384. The molecule has 0 atom stereocenters. The summed E-state index contributed by atoms with van der Waals surface area (Å²) in [5.41, 5.74) is 3.20. The molecular formula is C13H12ClN7O3. The lowest BCUT2D eigenvalue weighted by Gasteiger charge is -1.97. The zero-order valence-corrected chi connectivity index (χ0v) is 12.9. The average molecular weight is 350 g/mol. The maximum Gasteiger partial charge on any atom is 0.270 e.